The van der Waals surface area contributed by atoms with Crippen molar-refractivity contribution in [3.8, 4) is 5.75 Å². The van der Waals surface area contributed by atoms with E-state index in [1.165, 1.54) is 5.56 Å². The van der Waals surface area contributed by atoms with E-state index in [4.69, 9.17) is 4.74 Å². The van der Waals surface area contributed by atoms with Crippen molar-refractivity contribution >= 4 is 27.7 Å². The molecule has 5 nitrogen and oxygen atoms in total. The van der Waals surface area contributed by atoms with Gasteiger partial charge in [0.1, 0.15) is 11.8 Å². The predicted octanol–water partition coefficient (Wildman–Crippen LogP) is 4.16. The van der Waals surface area contributed by atoms with Gasteiger partial charge in [-0.05, 0) is 58.5 Å². The maximum absolute atomic E-state index is 12.9. The lowest BCUT2D eigenvalue weighted by molar-refractivity contribution is -0.141. The van der Waals surface area contributed by atoms with E-state index in [0.717, 1.165) is 10.0 Å². The maximum Gasteiger partial charge on any atom is 0.261 e. The van der Waals surface area contributed by atoms with Gasteiger partial charge in [0.2, 0.25) is 5.91 Å². The van der Waals surface area contributed by atoms with Crippen LogP contribution in [0.5, 0.6) is 5.75 Å². The Morgan fingerprint density at radius 2 is 1.79 bits per heavy atom. The Morgan fingerprint density at radius 1 is 1.10 bits per heavy atom. The predicted molar refractivity (Wildman–Crippen MR) is 119 cm³/mol. The molecule has 29 heavy (non-hydrogen) atoms. The van der Waals surface area contributed by atoms with E-state index in [9.17, 15) is 9.59 Å². The molecule has 0 aromatic heterocycles. The molecule has 0 heterocycles. The standard InChI is InChI=1S/C23H29BrN2O3/c1-16(2)19-10-11-21(20(24)14-19)29-15-22(27)26(17(3)23(28)25-4)13-12-18-8-6-5-7-9-18/h5-11,14,16-17H,12-13,15H2,1-4H3,(H,25,28)/t17-/m1/s1. The Labute approximate surface area is 181 Å². The number of carbonyl (C=O) groups excluding carboxylic acids is 2. The van der Waals surface area contributed by atoms with Crippen LogP contribution in [0.3, 0.4) is 0 Å². The Morgan fingerprint density at radius 3 is 2.38 bits per heavy atom. The highest BCUT2D eigenvalue weighted by Crippen LogP contribution is 2.29. The molecule has 1 N–H and O–H groups in total. The third kappa shape index (κ3) is 6.60. The molecule has 6 heteroatoms. The van der Waals surface area contributed by atoms with Gasteiger partial charge in [0.15, 0.2) is 6.61 Å². The van der Waals surface area contributed by atoms with E-state index < -0.39 is 6.04 Å². The van der Waals surface area contributed by atoms with E-state index in [-0.39, 0.29) is 18.4 Å². The zero-order valence-corrected chi connectivity index (χ0v) is 19.0. The van der Waals surface area contributed by atoms with Crippen LogP contribution < -0.4 is 10.1 Å². The van der Waals surface area contributed by atoms with Crippen LogP contribution in [0.1, 0.15) is 37.8 Å². The molecular weight excluding hydrogens is 432 g/mol. The molecule has 0 aliphatic rings. The summed E-state index contributed by atoms with van der Waals surface area (Å²) in [5.41, 5.74) is 2.30. The lowest BCUT2D eigenvalue weighted by atomic mass is 10.0. The molecule has 2 aromatic carbocycles. The number of likely N-dealkylation sites (N-methyl/N-ethyl adjacent to an activating group) is 1. The third-order valence-corrected chi connectivity index (χ3v) is 5.49. The summed E-state index contributed by atoms with van der Waals surface area (Å²) in [6.45, 7) is 6.28. The highest BCUT2D eigenvalue weighted by Gasteiger charge is 2.25. The number of hydrogen-bond acceptors (Lipinski definition) is 3. The number of nitrogens with zero attached hydrogens (tertiary/aromatic N) is 1. The van der Waals surface area contributed by atoms with Gasteiger partial charge >= 0.3 is 0 Å². The van der Waals surface area contributed by atoms with Crippen LogP contribution in [0.25, 0.3) is 0 Å². The first-order valence-electron chi connectivity index (χ1n) is 9.80. The van der Waals surface area contributed by atoms with E-state index in [0.29, 0.717) is 24.6 Å². The second kappa shape index (κ2) is 11.0. The summed E-state index contributed by atoms with van der Waals surface area (Å²) in [4.78, 5) is 26.6. The maximum atomic E-state index is 12.9. The van der Waals surface area contributed by atoms with Gasteiger partial charge < -0.3 is 15.0 Å². The average molecular weight is 461 g/mol. The summed E-state index contributed by atoms with van der Waals surface area (Å²) in [5, 5.41) is 2.62. The van der Waals surface area contributed by atoms with Gasteiger partial charge in [0.25, 0.3) is 5.91 Å². The SMILES string of the molecule is CNC(=O)[C@@H](C)N(CCc1ccccc1)C(=O)COc1ccc(C(C)C)cc1Br. The van der Waals surface area contributed by atoms with Crippen molar-refractivity contribution in [2.24, 2.45) is 0 Å². The Hall–Kier alpha value is -2.34. The average Bonchev–Trinajstić information content (AvgIpc) is 2.72. The second-order valence-corrected chi connectivity index (χ2v) is 8.10. The second-order valence-electron chi connectivity index (χ2n) is 7.25. The molecule has 2 aromatic rings. The van der Waals surface area contributed by atoms with Gasteiger partial charge in [0, 0.05) is 13.6 Å². The van der Waals surface area contributed by atoms with Gasteiger partial charge in [-0.25, -0.2) is 0 Å². The van der Waals surface area contributed by atoms with Crippen LogP contribution in [0.2, 0.25) is 0 Å². The largest absolute Gasteiger partial charge is 0.483 e. The van der Waals surface area contributed by atoms with Crippen molar-refractivity contribution in [2.75, 3.05) is 20.2 Å². The lowest BCUT2D eigenvalue weighted by Crippen LogP contribution is -2.49. The first-order chi connectivity index (χ1) is 13.8. The molecule has 0 aliphatic carbocycles. The molecule has 0 radical (unpaired) electrons. The molecule has 0 unspecified atom stereocenters. The summed E-state index contributed by atoms with van der Waals surface area (Å²) in [7, 11) is 1.57. The van der Waals surface area contributed by atoms with E-state index >= 15 is 0 Å². The molecule has 0 aliphatic heterocycles. The zero-order chi connectivity index (χ0) is 21.4. The summed E-state index contributed by atoms with van der Waals surface area (Å²) in [6, 6.07) is 15.2. The zero-order valence-electron chi connectivity index (χ0n) is 17.4. The quantitative estimate of drug-likeness (QED) is 0.610. The van der Waals surface area contributed by atoms with Crippen molar-refractivity contribution < 1.29 is 14.3 Å². The van der Waals surface area contributed by atoms with Crippen LogP contribution in [0, 0.1) is 0 Å². The van der Waals surface area contributed by atoms with Gasteiger partial charge in [-0.2, -0.15) is 0 Å². The van der Waals surface area contributed by atoms with E-state index in [1.54, 1.807) is 18.9 Å². The molecule has 0 spiro atoms. The van der Waals surface area contributed by atoms with Gasteiger partial charge in [-0.1, -0.05) is 50.2 Å². The van der Waals surface area contributed by atoms with E-state index in [2.05, 4.69) is 35.1 Å². The monoisotopic (exact) mass is 460 g/mol. The van der Waals surface area contributed by atoms with Crippen LogP contribution in [-0.2, 0) is 16.0 Å². The fourth-order valence-corrected chi connectivity index (χ4v) is 3.51. The smallest absolute Gasteiger partial charge is 0.261 e. The van der Waals surface area contributed by atoms with Crippen LogP contribution in [0.15, 0.2) is 53.0 Å². The Bertz CT molecular complexity index is 824. The number of benzene rings is 2. The number of amides is 2. The van der Waals surface area contributed by atoms with Gasteiger partial charge in [0.05, 0.1) is 4.47 Å². The fraction of sp³-hybridized carbons (Fsp3) is 0.391. The molecule has 2 rings (SSSR count). The molecule has 1 atom stereocenters. The van der Waals surface area contributed by atoms with Crippen LogP contribution in [0.4, 0.5) is 0 Å². The summed E-state index contributed by atoms with van der Waals surface area (Å²) < 4.78 is 6.57. The van der Waals surface area contributed by atoms with Gasteiger partial charge in [-0.15, -0.1) is 0 Å². The number of nitrogens with one attached hydrogen (secondary N) is 1. The number of halogens is 1. The molecule has 156 valence electrons. The lowest BCUT2D eigenvalue weighted by Gasteiger charge is -2.28. The Balaban J connectivity index is 2.07. The van der Waals surface area contributed by atoms with Crippen molar-refractivity contribution in [3.05, 3.63) is 64.1 Å². The number of hydrogen-bond donors (Lipinski definition) is 1. The topological polar surface area (TPSA) is 58.6 Å². The van der Waals surface area contributed by atoms with Crippen molar-refractivity contribution in [3.63, 3.8) is 0 Å². The van der Waals surface area contributed by atoms with Crippen LogP contribution in [-0.4, -0.2) is 43.0 Å². The minimum Gasteiger partial charge on any atom is -0.483 e. The molecule has 0 fully saturated rings. The number of ether oxygens (including phenoxy) is 1. The number of carbonyl (C=O) groups is 2. The molecule has 0 saturated heterocycles. The van der Waals surface area contributed by atoms with Crippen molar-refractivity contribution in [2.45, 2.75) is 39.2 Å². The van der Waals surface area contributed by atoms with E-state index in [1.807, 2.05) is 48.5 Å². The third-order valence-electron chi connectivity index (χ3n) is 4.87. The summed E-state index contributed by atoms with van der Waals surface area (Å²) in [5.74, 6) is 0.591. The minimum atomic E-state index is -0.577. The summed E-state index contributed by atoms with van der Waals surface area (Å²) in [6.07, 6.45) is 0.667. The molecule has 2 amide bonds. The molecule has 0 saturated carbocycles. The highest BCUT2D eigenvalue weighted by atomic mass is 79.9. The van der Waals surface area contributed by atoms with Crippen LogP contribution >= 0.6 is 15.9 Å². The van der Waals surface area contributed by atoms with Crippen molar-refractivity contribution in [1.29, 1.82) is 0 Å². The summed E-state index contributed by atoms with van der Waals surface area (Å²) >= 11 is 3.51. The van der Waals surface area contributed by atoms with Crippen molar-refractivity contribution in [1.82, 2.24) is 10.2 Å². The Kier molecular flexibility index (Phi) is 8.70. The first kappa shape index (κ1) is 22.9. The number of rotatable bonds is 9. The molecular formula is C23H29BrN2O3. The minimum absolute atomic E-state index is 0.129. The normalized spacial score (nSPS) is 11.8. The highest BCUT2D eigenvalue weighted by molar-refractivity contribution is 9.10. The first-order valence-corrected chi connectivity index (χ1v) is 10.6. The van der Waals surface area contributed by atoms with Gasteiger partial charge in [-0.3, -0.25) is 9.59 Å². The molecule has 0 bridgehead atoms. The fourth-order valence-electron chi connectivity index (χ4n) is 2.99.